The van der Waals surface area contributed by atoms with Gasteiger partial charge in [-0.1, -0.05) is 35.5 Å². The minimum absolute atomic E-state index is 0.0983. The van der Waals surface area contributed by atoms with Gasteiger partial charge >= 0.3 is 0 Å². The zero-order valence-electron chi connectivity index (χ0n) is 9.42. The molecule has 0 aliphatic heterocycles. The second-order valence-electron chi connectivity index (χ2n) is 3.91. The maximum Gasteiger partial charge on any atom is 0.233 e. The standard InChI is InChI=1S/C12H15N3O/c1-8(10-6-4-3-5-7-10)12-14-11(9(2)13)15-16-12/h3-9H,13H2,1-2H3. The molecular formula is C12H15N3O. The number of nitrogens with two attached hydrogens (primary N) is 1. The van der Waals surface area contributed by atoms with Crippen LogP contribution in [0.1, 0.15) is 43.1 Å². The monoisotopic (exact) mass is 217 g/mol. The minimum Gasteiger partial charge on any atom is -0.339 e. The van der Waals surface area contributed by atoms with Gasteiger partial charge in [0.25, 0.3) is 0 Å². The maximum absolute atomic E-state index is 5.68. The van der Waals surface area contributed by atoms with E-state index in [1.807, 2.05) is 44.2 Å². The van der Waals surface area contributed by atoms with Gasteiger partial charge in [-0.3, -0.25) is 0 Å². The predicted octanol–water partition coefficient (Wildman–Crippen LogP) is 2.24. The smallest absolute Gasteiger partial charge is 0.233 e. The fourth-order valence-electron chi connectivity index (χ4n) is 1.49. The van der Waals surface area contributed by atoms with Gasteiger partial charge in [-0.05, 0) is 19.4 Å². The van der Waals surface area contributed by atoms with Gasteiger partial charge in [-0.25, -0.2) is 0 Å². The number of rotatable bonds is 3. The van der Waals surface area contributed by atoms with Gasteiger partial charge in [0.2, 0.25) is 5.89 Å². The number of nitrogens with zero attached hydrogens (tertiary/aromatic N) is 2. The summed E-state index contributed by atoms with van der Waals surface area (Å²) in [4.78, 5) is 4.28. The summed E-state index contributed by atoms with van der Waals surface area (Å²) in [5, 5.41) is 3.85. The van der Waals surface area contributed by atoms with Crippen LogP contribution in [0.15, 0.2) is 34.9 Å². The first-order valence-electron chi connectivity index (χ1n) is 5.32. The molecule has 2 unspecified atom stereocenters. The van der Waals surface area contributed by atoms with Crippen LogP contribution in [0.5, 0.6) is 0 Å². The van der Waals surface area contributed by atoms with Crippen molar-refractivity contribution in [3.05, 3.63) is 47.6 Å². The summed E-state index contributed by atoms with van der Waals surface area (Å²) in [5.74, 6) is 1.26. The van der Waals surface area contributed by atoms with Gasteiger partial charge in [-0.15, -0.1) is 0 Å². The molecule has 1 heterocycles. The van der Waals surface area contributed by atoms with E-state index in [-0.39, 0.29) is 12.0 Å². The highest BCUT2D eigenvalue weighted by molar-refractivity contribution is 5.23. The molecule has 0 amide bonds. The number of hydrogen-bond acceptors (Lipinski definition) is 4. The number of hydrogen-bond donors (Lipinski definition) is 1. The Kier molecular flexibility index (Phi) is 3.01. The van der Waals surface area contributed by atoms with Crippen molar-refractivity contribution in [2.75, 3.05) is 0 Å². The lowest BCUT2D eigenvalue weighted by Gasteiger charge is -2.05. The van der Waals surface area contributed by atoms with Crippen LogP contribution in [0.4, 0.5) is 0 Å². The Balaban J connectivity index is 2.24. The zero-order valence-corrected chi connectivity index (χ0v) is 9.42. The van der Waals surface area contributed by atoms with Crippen molar-refractivity contribution in [2.45, 2.75) is 25.8 Å². The Morgan fingerprint density at radius 3 is 2.44 bits per heavy atom. The van der Waals surface area contributed by atoms with Crippen LogP contribution in [-0.4, -0.2) is 10.1 Å². The molecule has 4 heteroatoms. The highest BCUT2D eigenvalue weighted by atomic mass is 16.5. The SMILES string of the molecule is CC(N)c1noc(C(C)c2ccccc2)n1. The lowest BCUT2D eigenvalue weighted by molar-refractivity contribution is 0.363. The van der Waals surface area contributed by atoms with Crippen LogP contribution < -0.4 is 5.73 Å². The van der Waals surface area contributed by atoms with Gasteiger partial charge < -0.3 is 10.3 Å². The second-order valence-corrected chi connectivity index (χ2v) is 3.91. The lowest BCUT2D eigenvalue weighted by Crippen LogP contribution is -2.07. The van der Waals surface area contributed by atoms with E-state index in [1.165, 1.54) is 0 Å². The number of benzene rings is 1. The number of aromatic nitrogens is 2. The molecule has 0 aliphatic rings. The van der Waals surface area contributed by atoms with E-state index in [1.54, 1.807) is 0 Å². The highest BCUT2D eigenvalue weighted by Gasteiger charge is 2.17. The average molecular weight is 217 g/mol. The summed E-state index contributed by atoms with van der Waals surface area (Å²) in [6, 6.07) is 9.86. The summed E-state index contributed by atoms with van der Waals surface area (Å²) in [5.41, 5.74) is 6.84. The van der Waals surface area contributed by atoms with Crippen LogP contribution in [-0.2, 0) is 0 Å². The molecule has 0 saturated carbocycles. The molecule has 2 aromatic rings. The van der Waals surface area contributed by atoms with Crippen molar-refractivity contribution in [2.24, 2.45) is 5.73 Å². The quantitative estimate of drug-likeness (QED) is 0.856. The van der Waals surface area contributed by atoms with Gasteiger partial charge in [0.15, 0.2) is 5.82 Å². The van der Waals surface area contributed by atoms with Crippen LogP contribution >= 0.6 is 0 Å². The van der Waals surface area contributed by atoms with Crippen molar-refractivity contribution in [1.82, 2.24) is 10.1 Å². The molecule has 4 nitrogen and oxygen atoms in total. The van der Waals surface area contributed by atoms with Gasteiger partial charge in [0, 0.05) is 0 Å². The van der Waals surface area contributed by atoms with E-state index in [0.29, 0.717) is 11.7 Å². The van der Waals surface area contributed by atoms with Gasteiger partial charge in [-0.2, -0.15) is 4.98 Å². The predicted molar refractivity (Wildman–Crippen MR) is 60.9 cm³/mol. The van der Waals surface area contributed by atoms with Crippen LogP contribution in [0.25, 0.3) is 0 Å². The molecule has 1 aromatic heterocycles. The molecule has 0 fully saturated rings. The molecule has 84 valence electrons. The molecule has 16 heavy (non-hydrogen) atoms. The van der Waals surface area contributed by atoms with Crippen LogP contribution in [0.2, 0.25) is 0 Å². The van der Waals surface area contributed by atoms with Crippen molar-refractivity contribution in [3.63, 3.8) is 0 Å². The van der Waals surface area contributed by atoms with E-state index in [0.717, 1.165) is 5.56 Å². The van der Waals surface area contributed by atoms with Crippen molar-refractivity contribution in [1.29, 1.82) is 0 Å². The Labute approximate surface area is 94.5 Å². The van der Waals surface area contributed by atoms with E-state index >= 15 is 0 Å². The maximum atomic E-state index is 5.68. The van der Waals surface area contributed by atoms with Crippen molar-refractivity contribution >= 4 is 0 Å². The topological polar surface area (TPSA) is 64.9 Å². The first-order valence-corrected chi connectivity index (χ1v) is 5.32. The largest absolute Gasteiger partial charge is 0.339 e. The second kappa shape index (κ2) is 4.45. The normalized spacial score (nSPS) is 14.7. The molecule has 0 radical (unpaired) electrons. The Hall–Kier alpha value is -1.68. The van der Waals surface area contributed by atoms with Gasteiger partial charge in [0.05, 0.1) is 12.0 Å². The molecule has 0 aliphatic carbocycles. The van der Waals surface area contributed by atoms with E-state index in [2.05, 4.69) is 10.1 Å². The van der Waals surface area contributed by atoms with Crippen LogP contribution in [0, 0.1) is 0 Å². The first-order chi connectivity index (χ1) is 7.68. The molecular weight excluding hydrogens is 202 g/mol. The Morgan fingerprint density at radius 2 is 1.88 bits per heavy atom. The summed E-state index contributed by atoms with van der Waals surface area (Å²) < 4.78 is 5.20. The van der Waals surface area contributed by atoms with E-state index in [4.69, 9.17) is 10.3 Å². The highest BCUT2D eigenvalue weighted by Crippen LogP contribution is 2.22. The van der Waals surface area contributed by atoms with Gasteiger partial charge in [0.1, 0.15) is 0 Å². The third-order valence-electron chi connectivity index (χ3n) is 2.53. The van der Waals surface area contributed by atoms with Crippen molar-refractivity contribution < 1.29 is 4.52 Å². The fourth-order valence-corrected chi connectivity index (χ4v) is 1.49. The molecule has 1 aromatic carbocycles. The molecule has 2 atom stereocenters. The van der Waals surface area contributed by atoms with Crippen molar-refractivity contribution in [3.8, 4) is 0 Å². The molecule has 0 spiro atoms. The first kappa shape index (κ1) is 10.8. The third-order valence-corrected chi connectivity index (χ3v) is 2.53. The molecule has 0 saturated heterocycles. The third kappa shape index (κ3) is 2.12. The molecule has 2 rings (SSSR count). The average Bonchev–Trinajstić information content (AvgIpc) is 2.78. The zero-order chi connectivity index (χ0) is 11.5. The van der Waals surface area contributed by atoms with E-state index < -0.39 is 0 Å². The van der Waals surface area contributed by atoms with Crippen LogP contribution in [0.3, 0.4) is 0 Å². The van der Waals surface area contributed by atoms with E-state index in [9.17, 15) is 0 Å². The summed E-state index contributed by atoms with van der Waals surface area (Å²) >= 11 is 0. The summed E-state index contributed by atoms with van der Waals surface area (Å²) in [6.45, 7) is 3.87. The fraction of sp³-hybridized carbons (Fsp3) is 0.333. The summed E-state index contributed by atoms with van der Waals surface area (Å²) in [7, 11) is 0. The minimum atomic E-state index is -0.194. The Bertz CT molecular complexity index is 450. The summed E-state index contributed by atoms with van der Waals surface area (Å²) in [6.07, 6.45) is 0. The molecule has 2 N–H and O–H groups in total. The lowest BCUT2D eigenvalue weighted by atomic mass is 10.0. The Morgan fingerprint density at radius 1 is 1.19 bits per heavy atom. The molecule has 0 bridgehead atoms.